The van der Waals surface area contributed by atoms with Crippen molar-refractivity contribution in [3.05, 3.63) is 53.1 Å². The summed E-state index contributed by atoms with van der Waals surface area (Å²) in [5.74, 6) is 0.489. The predicted molar refractivity (Wildman–Crippen MR) is 93.6 cm³/mol. The quantitative estimate of drug-likeness (QED) is 0.536. The number of benzene rings is 2. The van der Waals surface area contributed by atoms with Gasteiger partial charge in [-0.15, -0.1) is 0 Å². The van der Waals surface area contributed by atoms with E-state index in [9.17, 15) is 10.2 Å². The highest BCUT2D eigenvalue weighted by Crippen LogP contribution is 2.27. The number of aliphatic imine (C=N–C) groups is 2. The molecule has 0 heterocycles. The van der Waals surface area contributed by atoms with E-state index in [1.807, 2.05) is 0 Å². The molecule has 2 aromatic carbocycles. The molecule has 0 radical (unpaired) electrons. The number of phenols is 2. The molecule has 0 bridgehead atoms. The van der Waals surface area contributed by atoms with Gasteiger partial charge in [0.05, 0.1) is 26.8 Å². The molecule has 24 heavy (non-hydrogen) atoms. The van der Waals surface area contributed by atoms with Gasteiger partial charge in [0.25, 0.3) is 0 Å². The van der Waals surface area contributed by atoms with Crippen molar-refractivity contribution >= 4 is 12.4 Å². The molecule has 0 spiro atoms. The molecule has 0 saturated heterocycles. The summed E-state index contributed by atoms with van der Waals surface area (Å²) in [6.07, 6.45) is 3.12. The number of aliphatic hydroxyl groups excluding tert-OH is 1. The van der Waals surface area contributed by atoms with Crippen LogP contribution in [-0.2, 0) is 6.61 Å². The zero-order chi connectivity index (χ0) is 17.4. The van der Waals surface area contributed by atoms with Crippen LogP contribution in [0.15, 0.2) is 46.4 Å². The number of aliphatic hydroxyl groups is 1. The maximum atomic E-state index is 9.93. The maximum Gasteiger partial charge on any atom is 0.166 e. The molecule has 2 rings (SSSR count). The molecule has 0 unspecified atom stereocenters. The minimum absolute atomic E-state index is 0.0357. The van der Waals surface area contributed by atoms with Crippen LogP contribution in [-0.4, -0.2) is 47.9 Å². The van der Waals surface area contributed by atoms with Gasteiger partial charge in [-0.2, -0.15) is 0 Å². The van der Waals surface area contributed by atoms with Gasteiger partial charge in [-0.1, -0.05) is 18.2 Å². The zero-order valence-electron chi connectivity index (χ0n) is 13.4. The van der Waals surface area contributed by atoms with Crippen molar-refractivity contribution in [2.24, 2.45) is 9.98 Å². The summed E-state index contributed by atoms with van der Waals surface area (Å²) < 4.78 is 5.03. The molecule has 0 aliphatic heterocycles. The number of methoxy groups -OCH3 is 1. The smallest absolute Gasteiger partial charge is 0.166 e. The van der Waals surface area contributed by atoms with Crippen LogP contribution in [0.3, 0.4) is 0 Å². The first-order valence-electron chi connectivity index (χ1n) is 7.44. The predicted octanol–water partition coefficient (Wildman–Crippen LogP) is 2.14. The summed E-state index contributed by atoms with van der Waals surface area (Å²) in [5.41, 5.74) is 1.59. The van der Waals surface area contributed by atoms with E-state index in [2.05, 4.69) is 9.98 Å². The van der Waals surface area contributed by atoms with Gasteiger partial charge in [0.15, 0.2) is 11.5 Å². The van der Waals surface area contributed by atoms with Crippen LogP contribution in [0.5, 0.6) is 17.2 Å². The Hall–Kier alpha value is -2.86. The molecular formula is C18H20N2O4. The van der Waals surface area contributed by atoms with Crippen molar-refractivity contribution < 1.29 is 20.1 Å². The van der Waals surface area contributed by atoms with Gasteiger partial charge >= 0.3 is 0 Å². The van der Waals surface area contributed by atoms with E-state index in [-0.39, 0.29) is 18.1 Å². The molecule has 0 aromatic heterocycles. The van der Waals surface area contributed by atoms with Crippen LogP contribution >= 0.6 is 0 Å². The van der Waals surface area contributed by atoms with Crippen molar-refractivity contribution in [1.82, 2.24) is 0 Å². The Morgan fingerprint density at radius 1 is 0.917 bits per heavy atom. The summed E-state index contributed by atoms with van der Waals surface area (Å²) in [6, 6.07) is 10.3. The molecule has 0 atom stereocenters. The number of ether oxygens (including phenoxy) is 1. The van der Waals surface area contributed by atoms with Gasteiger partial charge in [0, 0.05) is 29.1 Å². The monoisotopic (exact) mass is 328 g/mol. The lowest BCUT2D eigenvalue weighted by atomic mass is 10.1. The van der Waals surface area contributed by atoms with Gasteiger partial charge in [-0.25, -0.2) is 0 Å². The number of hydrogen-bond acceptors (Lipinski definition) is 6. The minimum Gasteiger partial charge on any atom is -0.507 e. The Kier molecular flexibility index (Phi) is 6.33. The fourth-order valence-electron chi connectivity index (χ4n) is 2.09. The summed E-state index contributed by atoms with van der Waals surface area (Å²) in [6.45, 7) is 0.652. The lowest BCUT2D eigenvalue weighted by Gasteiger charge is -2.04. The average molecular weight is 328 g/mol. The van der Waals surface area contributed by atoms with Crippen molar-refractivity contribution in [3.8, 4) is 17.2 Å². The van der Waals surface area contributed by atoms with E-state index in [4.69, 9.17) is 9.84 Å². The fraction of sp³-hybridized carbons (Fsp3) is 0.222. The highest BCUT2D eigenvalue weighted by atomic mass is 16.5. The van der Waals surface area contributed by atoms with E-state index in [1.165, 1.54) is 7.11 Å². The molecule has 6 nitrogen and oxygen atoms in total. The van der Waals surface area contributed by atoms with Crippen LogP contribution in [0, 0.1) is 0 Å². The second kappa shape index (κ2) is 8.69. The second-order valence-corrected chi connectivity index (χ2v) is 4.98. The third kappa shape index (κ3) is 4.33. The van der Waals surface area contributed by atoms with Gasteiger partial charge < -0.3 is 20.1 Å². The largest absolute Gasteiger partial charge is 0.507 e. The average Bonchev–Trinajstić information content (AvgIpc) is 2.60. The number of nitrogens with zero attached hydrogens (tertiary/aromatic N) is 2. The fourth-order valence-corrected chi connectivity index (χ4v) is 2.09. The van der Waals surface area contributed by atoms with Crippen LogP contribution in [0.4, 0.5) is 0 Å². The number of phenolic OH excluding ortho intramolecular Hbond substituents is 1. The van der Waals surface area contributed by atoms with Crippen molar-refractivity contribution in [2.75, 3.05) is 20.2 Å². The summed E-state index contributed by atoms with van der Waals surface area (Å²) in [7, 11) is 1.49. The number of hydrogen-bond donors (Lipinski definition) is 3. The highest BCUT2D eigenvalue weighted by Gasteiger charge is 2.04. The Labute approximate surface area is 140 Å². The molecule has 2 aromatic rings. The summed E-state index contributed by atoms with van der Waals surface area (Å²) in [5, 5.41) is 28.9. The van der Waals surface area contributed by atoms with E-state index in [0.717, 1.165) is 0 Å². The highest BCUT2D eigenvalue weighted by molar-refractivity contribution is 5.85. The molecule has 0 fully saturated rings. The summed E-state index contributed by atoms with van der Waals surface area (Å²) >= 11 is 0. The minimum atomic E-state index is -0.220. The van der Waals surface area contributed by atoms with Gasteiger partial charge in [-0.3, -0.25) is 9.98 Å². The van der Waals surface area contributed by atoms with Crippen molar-refractivity contribution in [3.63, 3.8) is 0 Å². The summed E-state index contributed by atoms with van der Waals surface area (Å²) in [4.78, 5) is 8.41. The van der Waals surface area contributed by atoms with Gasteiger partial charge in [-0.05, 0) is 18.2 Å². The standard InChI is InChI=1S/C18H20N2O4/c1-24-16-7-3-5-14(18(16)23)11-20-9-8-19-10-13-4-2-6-15(12-21)17(13)22/h2-7,10-11,21-23H,8-9,12H2,1H3. The van der Waals surface area contributed by atoms with E-state index in [1.54, 1.807) is 48.8 Å². The SMILES string of the molecule is COc1cccc(C=NCCN=Cc2cccc(CO)c2O)c1O. The Bertz CT molecular complexity index is 678. The first-order chi connectivity index (χ1) is 11.7. The topological polar surface area (TPSA) is 94.6 Å². The maximum absolute atomic E-state index is 9.93. The number of para-hydroxylation sites is 2. The molecule has 6 heteroatoms. The molecule has 126 valence electrons. The molecular weight excluding hydrogens is 308 g/mol. The molecule has 0 aliphatic carbocycles. The van der Waals surface area contributed by atoms with Gasteiger partial charge in [0.2, 0.25) is 0 Å². The number of aromatic hydroxyl groups is 2. The third-order valence-corrected chi connectivity index (χ3v) is 3.39. The van der Waals surface area contributed by atoms with Crippen molar-refractivity contribution in [2.45, 2.75) is 6.61 Å². The van der Waals surface area contributed by atoms with E-state index < -0.39 is 0 Å². The molecule has 0 saturated carbocycles. The van der Waals surface area contributed by atoms with Gasteiger partial charge in [0.1, 0.15) is 5.75 Å². The third-order valence-electron chi connectivity index (χ3n) is 3.39. The van der Waals surface area contributed by atoms with E-state index >= 15 is 0 Å². The van der Waals surface area contributed by atoms with Crippen LogP contribution < -0.4 is 4.74 Å². The Balaban J connectivity index is 1.91. The molecule has 0 aliphatic rings. The molecule has 3 N–H and O–H groups in total. The Morgan fingerprint density at radius 3 is 2.08 bits per heavy atom. The molecule has 0 amide bonds. The first kappa shape index (κ1) is 17.5. The van der Waals surface area contributed by atoms with Crippen LogP contribution in [0.2, 0.25) is 0 Å². The van der Waals surface area contributed by atoms with Crippen molar-refractivity contribution in [1.29, 1.82) is 0 Å². The second-order valence-electron chi connectivity index (χ2n) is 4.98. The number of rotatable bonds is 7. The van der Waals surface area contributed by atoms with Crippen LogP contribution in [0.25, 0.3) is 0 Å². The normalized spacial score (nSPS) is 11.4. The lowest BCUT2D eigenvalue weighted by Crippen LogP contribution is -1.93. The zero-order valence-corrected chi connectivity index (χ0v) is 13.4. The first-order valence-corrected chi connectivity index (χ1v) is 7.44. The van der Waals surface area contributed by atoms with E-state index in [0.29, 0.717) is 35.5 Å². The Morgan fingerprint density at radius 2 is 1.50 bits per heavy atom. The van der Waals surface area contributed by atoms with Crippen LogP contribution in [0.1, 0.15) is 16.7 Å². The lowest BCUT2D eigenvalue weighted by molar-refractivity contribution is 0.275.